The molecule has 8 nitrogen and oxygen atoms in total. The van der Waals surface area contributed by atoms with Crippen molar-refractivity contribution in [2.45, 2.75) is 6.92 Å². The lowest BCUT2D eigenvalue weighted by atomic mass is 10.2. The van der Waals surface area contributed by atoms with E-state index in [4.69, 9.17) is 10.9 Å². The number of amidine groups is 1. The highest BCUT2D eigenvalue weighted by Gasteiger charge is 2.15. The van der Waals surface area contributed by atoms with E-state index >= 15 is 0 Å². The van der Waals surface area contributed by atoms with Crippen molar-refractivity contribution in [2.24, 2.45) is 17.9 Å². The summed E-state index contributed by atoms with van der Waals surface area (Å²) in [7, 11) is 1.63. The van der Waals surface area contributed by atoms with Crippen LogP contribution in [0.4, 0.5) is 16.3 Å². The molecule has 0 aliphatic carbocycles. The summed E-state index contributed by atoms with van der Waals surface area (Å²) in [6.45, 7) is 1.96. The van der Waals surface area contributed by atoms with Crippen LogP contribution in [0.5, 0.6) is 0 Å². The molecule has 2 rings (SSSR count). The molecular weight excluding hydrogens is 272 g/mol. The van der Waals surface area contributed by atoms with E-state index in [-0.39, 0.29) is 5.84 Å². The Balaban J connectivity index is 2.13. The van der Waals surface area contributed by atoms with Crippen LogP contribution in [0.3, 0.4) is 0 Å². The van der Waals surface area contributed by atoms with Crippen LogP contribution < -0.4 is 16.4 Å². The normalized spacial score (nSPS) is 11.2. The lowest BCUT2D eigenvalue weighted by Crippen LogP contribution is -2.24. The molecule has 0 aliphatic heterocycles. The molecule has 0 aliphatic rings. The number of carbonyl (C=O) groups excluding carboxylic acids is 1. The minimum absolute atomic E-state index is 0.131. The molecule has 21 heavy (non-hydrogen) atoms. The maximum absolute atomic E-state index is 12.0. The van der Waals surface area contributed by atoms with Crippen LogP contribution >= 0.6 is 0 Å². The summed E-state index contributed by atoms with van der Waals surface area (Å²) in [5, 5.41) is 20.9. The maximum atomic E-state index is 12.0. The summed E-state index contributed by atoms with van der Waals surface area (Å²) >= 11 is 0. The van der Waals surface area contributed by atoms with Crippen LogP contribution in [-0.2, 0) is 7.05 Å². The highest BCUT2D eigenvalue weighted by atomic mass is 16.4. The summed E-state index contributed by atoms with van der Waals surface area (Å²) in [6.07, 6.45) is 1.40. The van der Waals surface area contributed by atoms with Crippen LogP contribution in [0.25, 0.3) is 0 Å². The summed E-state index contributed by atoms with van der Waals surface area (Å²) in [5.74, 6) is 0.198. The highest BCUT2D eigenvalue weighted by Crippen LogP contribution is 2.15. The Morgan fingerprint density at radius 3 is 2.62 bits per heavy atom. The highest BCUT2D eigenvalue weighted by molar-refractivity contribution is 6.06. The topological polar surface area (TPSA) is 118 Å². The molecule has 0 saturated carbocycles. The summed E-state index contributed by atoms with van der Waals surface area (Å²) in [4.78, 5) is 12.0. The van der Waals surface area contributed by atoms with Gasteiger partial charge in [0.15, 0.2) is 5.84 Å². The van der Waals surface area contributed by atoms with E-state index in [1.54, 1.807) is 19.2 Å². The van der Waals surface area contributed by atoms with E-state index in [0.717, 1.165) is 5.56 Å². The van der Waals surface area contributed by atoms with Gasteiger partial charge in [0.05, 0.1) is 11.8 Å². The van der Waals surface area contributed by atoms with Gasteiger partial charge in [0.1, 0.15) is 5.82 Å². The first-order valence-electron chi connectivity index (χ1n) is 6.16. The third-order valence-corrected chi connectivity index (χ3v) is 2.86. The first kappa shape index (κ1) is 14.4. The second kappa shape index (κ2) is 5.95. The smallest absolute Gasteiger partial charge is 0.324 e. The zero-order valence-electron chi connectivity index (χ0n) is 11.7. The van der Waals surface area contributed by atoms with E-state index in [9.17, 15) is 4.79 Å². The number of rotatable bonds is 3. The Morgan fingerprint density at radius 1 is 1.33 bits per heavy atom. The van der Waals surface area contributed by atoms with Crippen LogP contribution in [0.1, 0.15) is 11.1 Å². The molecular formula is C13H16N6O2. The fourth-order valence-corrected chi connectivity index (χ4v) is 1.73. The van der Waals surface area contributed by atoms with Crippen molar-refractivity contribution >= 4 is 23.4 Å². The molecule has 0 saturated heterocycles. The molecule has 2 amide bonds. The molecule has 2 aromatic rings. The number of nitrogens with two attached hydrogens (primary N) is 1. The average Bonchev–Trinajstić information content (AvgIpc) is 2.82. The molecule has 8 heteroatoms. The standard InChI is InChI=1S/C13H16N6O2/c1-8-3-5-9(6-4-8)16-13(20)17-12-10(11(14)18-21)7-15-19(12)2/h3-7,21H,1-2H3,(H2,14,18)(H2,16,17,20). The van der Waals surface area contributed by atoms with Gasteiger partial charge in [0, 0.05) is 12.7 Å². The molecule has 0 spiro atoms. The van der Waals surface area contributed by atoms with Crippen LogP contribution in [-0.4, -0.2) is 26.9 Å². The molecule has 0 unspecified atom stereocenters. The van der Waals surface area contributed by atoms with Crippen molar-refractivity contribution in [2.75, 3.05) is 10.6 Å². The predicted octanol–water partition coefficient (Wildman–Crippen LogP) is 1.47. The van der Waals surface area contributed by atoms with Crippen molar-refractivity contribution in [1.29, 1.82) is 0 Å². The van der Waals surface area contributed by atoms with Gasteiger partial charge < -0.3 is 16.3 Å². The van der Waals surface area contributed by atoms with Gasteiger partial charge in [0.2, 0.25) is 0 Å². The maximum Gasteiger partial charge on any atom is 0.324 e. The number of nitrogens with zero attached hydrogens (tertiary/aromatic N) is 3. The van der Waals surface area contributed by atoms with E-state index < -0.39 is 6.03 Å². The van der Waals surface area contributed by atoms with Crippen LogP contribution in [0.15, 0.2) is 35.6 Å². The molecule has 0 fully saturated rings. The Morgan fingerprint density at radius 2 is 2.00 bits per heavy atom. The number of hydrogen-bond acceptors (Lipinski definition) is 4. The average molecular weight is 288 g/mol. The Labute approximate surface area is 121 Å². The van der Waals surface area contributed by atoms with Crippen LogP contribution in [0.2, 0.25) is 0 Å². The first-order chi connectivity index (χ1) is 10.0. The summed E-state index contributed by atoms with van der Waals surface area (Å²) in [6, 6.07) is 6.92. The lowest BCUT2D eigenvalue weighted by Gasteiger charge is -2.09. The predicted molar refractivity (Wildman–Crippen MR) is 79.5 cm³/mol. The molecule has 0 atom stereocenters. The second-order valence-electron chi connectivity index (χ2n) is 4.46. The van der Waals surface area contributed by atoms with E-state index in [1.165, 1.54) is 10.9 Å². The lowest BCUT2D eigenvalue weighted by molar-refractivity contribution is 0.262. The monoisotopic (exact) mass is 288 g/mol. The van der Waals surface area contributed by atoms with Crippen molar-refractivity contribution < 1.29 is 10.0 Å². The number of aromatic nitrogens is 2. The number of anilines is 2. The van der Waals surface area contributed by atoms with Gasteiger partial charge in [-0.25, -0.2) is 4.79 Å². The number of benzene rings is 1. The molecule has 1 heterocycles. The van der Waals surface area contributed by atoms with Gasteiger partial charge in [-0.2, -0.15) is 5.10 Å². The minimum Gasteiger partial charge on any atom is -0.409 e. The second-order valence-corrected chi connectivity index (χ2v) is 4.46. The molecule has 110 valence electrons. The third kappa shape index (κ3) is 3.30. The number of aryl methyl sites for hydroxylation is 2. The Kier molecular flexibility index (Phi) is 4.07. The van der Waals surface area contributed by atoms with Crippen LogP contribution in [0, 0.1) is 6.92 Å². The van der Waals surface area contributed by atoms with E-state index in [2.05, 4.69) is 20.9 Å². The number of nitrogens with one attached hydrogen (secondary N) is 2. The molecule has 0 radical (unpaired) electrons. The molecule has 5 N–H and O–H groups in total. The van der Waals surface area contributed by atoms with Crippen molar-refractivity contribution in [3.05, 3.63) is 41.6 Å². The molecule has 1 aromatic carbocycles. The number of urea groups is 1. The summed E-state index contributed by atoms with van der Waals surface area (Å²) in [5.41, 5.74) is 7.62. The van der Waals surface area contributed by atoms with Gasteiger partial charge in [-0.1, -0.05) is 22.9 Å². The molecule has 0 bridgehead atoms. The first-order valence-corrected chi connectivity index (χ1v) is 6.16. The quantitative estimate of drug-likeness (QED) is 0.296. The number of hydrogen-bond donors (Lipinski definition) is 4. The van der Waals surface area contributed by atoms with Crippen molar-refractivity contribution in [1.82, 2.24) is 9.78 Å². The minimum atomic E-state index is -0.450. The van der Waals surface area contributed by atoms with Gasteiger partial charge in [0.25, 0.3) is 0 Å². The van der Waals surface area contributed by atoms with Gasteiger partial charge in [-0.3, -0.25) is 10.00 Å². The number of amides is 2. The van der Waals surface area contributed by atoms with Gasteiger partial charge in [-0.05, 0) is 19.1 Å². The Bertz CT molecular complexity index is 674. The number of oxime groups is 1. The van der Waals surface area contributed by atoms with Gasteiger partial charge in [-0.15, -0.1) is 0 Å². The van der Waals surface area contributed by atoms with E-state index in [0.29, 0.717) is 17.1 Å². The zero-order valence-corrected chi connectivity index (χ0v) is 11.7. The third-order valence-electron chi connectivity index (χ3n) is 2.86. The van der Waals surface area contributed by atoms with E-state index in [1.807, 2.05) is 19.1 Å². The zero-order chi connectivity index (χ0) is 15.4. The fourth-order valence-electron chi connectivity index (χ4n) is 1.73. The largest absolute Gasteiger partial charge is 0.409 e. The SMILES string of the molecule is Cc1ccc(NC(=O)Nc2c(C(N)=NO)cnn2C)cc1. The summed E-state index contributed by atoms with van der Waals surface area (Å²) < 4.78 is 1.42. The van der Waals surface area contributed by atoms with Crippen molar-refractivity contribution in [3.63, 3.8) is 0 Å². The number of carbonyl (C=O) groups is 1. The molecule has 1 aromatic heterocycles. The Hall–Kier alpha value is -3.03. The van der Waals surface area contributed by atoms with Crippen molar-refractivity contribution in [3.8, 4) is 0 Å². The fraction of sp³-hybridized carbons (Fsp3) is 0.154. The van der Waals surface area contributed by atoms with Gasteiger partial charge >= 0.3 is 6.03 Å².